The Morgan fingerprint density at radius 3 is 2.74 bits per heavy atom. The molecule has 1 fully saturated rings. The zero-order valence-corrected chi connectivity index (χ0v) is 12.4. The second-order valence-electron chi connectivity index (χ2n) is 5.03. The van der Waals surface area contributed by atoms with Gasteiger partial charge in [0.15, 0.2) is 5.78 Å². The zero-order valence-electron chi connectivity index (χ0n) is 11.6. The molecule has 4 heteroatoms. The maximum absolute atomic E-state index is 12.7. The van der Waals surface area contributed by atoms with Gasteiger partial charge in [0.05, 0.1) is 12.1 Å². The molecule has 19 heavy (non-hydrogen) atoms. The summed E-state index contributed by atoms with van der Waals surface area (Å²) in [5.41, 5.74) is 0.319. The smallest absolute Gasteiger partial charge is 0.182 e. The third-order valence-electron chi connectivity index (χ3n) is 3.58. The monoisotopic (exact) mass is 279 g/mol. The van der Waals surface area contributed by atoms with Crippen LogP contribution in [-0.4, -0.2) is 37.3 Å². The van der Waals surface area contributed by atoms with Gasteiger partial charge >= 0.3 is 0 Å². The van der Waals surface area contributed by atoms with Crippen LogP contribution in [0.4, 0.5) is 0 Å². The third kappa shape index (κ3) is 3.59. The summed E-state index contributed by atoms with van der Waals surface area (Å²) in [7, 11) is 0. The molecule has 104 valence electrons. The zero-order chi connectivity index (χ0) is 13.7. The van der Waals surface area contributed by atoms with Crippen molar-refractivity contribution >= 4 is 17.5 Å². The van der Waals surface area contributed by atoms with Crippen LogP contribution in [-0.2, 0) is 4.74 Å². The van der Waals surface area contributed by atoms with Gasteiger partial charge in [-0.3, -0.25) is 4.79 Å². The van der Waals surface area contributed by atoms with Crippen LogP contribution in [0.2, 0.25) is 0 Å². The van der Waals surface area contributed by atoms with Crippen LogP contribution in [0, 0.1) is 0 Å². The van der Waals surface area contributed by atoms with Gasteiger partial charge in [-0.2, -0.15) is 0 Å². The van der Waals surface area contributed by atoms with Gasteiger partial charge in [0, 0.05) is 23.6 Å². The average molecular weight is 279 g/mol. The molecule has 0 saturated carbocycles. The first-order valence-corrected chi connectivity index (χ1v) is 7.90. The highest BCUT2D eigenvalue weighted by Crippen LogP contribution is 2.22. The van der Waals surface area contributed by atoms with E-state index >= 15 is 0 Å². The molecule has 1 aliphatic rings. The molecule has 1 aromatic carbocycles. The molecule has 0 radical (unpaired) electrons. The predicted molar refractivity (Wildman–Crippen MR) is 79.0 cm³/mol. The Morgan fingerprint density at radius 2 is 2.05 bits per heavy atom. The van der Waals surface area contributed by atoms with E-state index in [4.69, 9.17) is 4.74 Å². The fourth-order valence-corrected chi connectivity index (χ4v) is 2.78. The molecule has 0 amide bonds. The molecule has 1 aromatic rings. The van der Waals surface area contributed by atoms with Crippen LogP contribution in [0.5, 0.6) is 0 Å². The van der Waals surface area contributed by atoms with Crippen LogP contribution in [0.3, 0.4) is 0 Å². The van der Waals surface area contributed by atoms with Crippen LogP contribution in [0.15, 0.2) is 29.2 Å². The highest BCUT2D eigenvalue weighted by molar-refractivity contribution is 7.98. The van der Waals surface area contributed by atoms with Crippen molar-refractivity contribution in [3.63, 3.8) is 0 Å². The van der Waals surface area contributed by atoms with Crippen molar-refractivity contribution < 1.29 is 9.53 Å². The van der Waals surface area contributed by atoms with E-state index in [2.05, 4.69) is 5.32 Å². The highest BCUT2D eigenvalue weighted by Gasteiger charge is 2.33. The molecule has 0 aliphatic carbocycles. The summed E-state index contributed by atoms with van der Waals surface area (Å²) in [6, 6.07) is 7.87. The minimum Gasteiger partial charge on any atom is -0.380 e. The van der Waals surface area contributed by atoms with E-state index in [0.29, 0.717) is 6.61 Å². The Balaban J connectivity index is 2.14. The summed E-state index contributed by atoms with van der Waals surface area (Å²) in [6.07, 6.45) is 3.77. The van der Waals surface area contributed by atoms with E-state index in [1.54, 1.807) is 11.8 Å². The standard InChI is InChI=1S/C15H21NO2S/c1-15(8-3-10-18-11-9-16-15)14(17)12-4-6-13(19-2)7-5-12/h4-7,16H,3,8-11H2,1-2H3. The molecular formula is C15H21NO2S. The van der Waals surface area contributed by atoms with Crippen molar-refractivity contribution in [1.82, 2.24) is 5.32 Å². The molecule has 1 aliphatic heterocycles. The average Bonchev–Trinajstić information content (AvgIpc) is 2.42. The topological polar surface area (TPSA) is 38.3 Å². The number of carbonyl (C=O) groups excluding carboxylic acids is 1. The summed E-state index contributed by atoms with van der Waals surface area (Å²) in [6.45, 7) is 4.15. The van der Waals surface area contributed by atoms with Crippen molar-refractivity contribution in [3.8, 4) is 0 Å². The molecule has 3 nitrogen and oxygen atoms in total. The van der Waals surface area contributed by atoms with E-state index in [0.717, 1.165) is 31.6 Å². The number of Topliss-reactive ketones (excluding diaryl/α,β-unsaturated/α-hetero) is 1. The van der Waals surface area contributed by atoms with Gasteiger partial charge < -0.3 is 10.1 Å². The van der Waals surface area contributed by atoms with E-state index in [-0.39, 0.29) is 5.78 Å². The van der Waals surface area contributed by atoms with Gasteiger partial charge in [0.2, 0.25) is 0 Å². The summed E-state index contributed by atoms with van der Waals surface area (Å²) in [5.74, 6) is 0.182. The maximum atomic E-state index is 12.7. The second-order valence-corrected chi connectivity index (χ2v) is 5.91. The summed E-state index contributed by atoms with van der Waals surface area (Å²) in [5, 5.41) is 3.35. The number of thioether (sulfide) groups is 1. The molecule has 1 heterocycles. The lowest BCUT2D eigenvalue weighted by Crippen LogP contribution is -2.51. The number of hydrogen-bond donors (Lipinski definition) is 1. The number of ether oxygens (including phenoxy) is 1. The lowest BCUT2D eigenvalue weighted by Gasteiger charge is -2.31. The number of nitrogens with one attached hydrogen (secondary N) is 1. The molecule has 0 aromatic heterocycles. The Labute approximate surface area is 119 Å². The van der Waals surface area contributed by atoms with Crippen molar-refractivity contribution in [2.24, 2.45) is 0 Å². The van der Waals surface area contributed by atoms with Gasteiger partial charge in [0.1, 0.15) is 0 Å². The summed E-state index contributed by atoms with van der Waals surface area (Å²) in [4.78, 5) is 13.9. The molecule has 1 unspecified atom stereocenters. The fourth-order valence-electron chi connectivity index (χ4n) is 2.37. The Kier molecular flexibility index (Phi) is 5.02. The van der Waals surface area contributed by atoms with Crippen LogP contribution in [0.25, 0.3) is 0 Å². The third-order valence-corrected chi connectivity index (χ3v) is 4.32. The van der Waals surface area contributed by atoms with Crippen LogP contribution < -0.4 is 5.32 Å². The maximum Gasteiger partial charge on any atom is 0.182 e. The highest BCUT2D eigenvalue weighted by atomic mass is 32.2. The van der Waals surface area contributed by atoms with E-state index in [9.17, 15) is 4.79 Å². The Hall–Kier alpha value is -0.840. The first-order chi connectivity index (χ1) is 9.15. The van der Waals surface area contributed by atoms with Gasteiger partial charge in [-0.1, -0.05) is 12.1 Å². The minimum atomic E-state index is -0.468. The molecule has 1 saturated heterocycles. The second kappa shape index (κ2) is 6.55. The van der Waals surface area contributed by atoms with Crippen molar-refractivity contribution in [3.05, 3.63) is 29.8 Å². The largest absolute Gasteiger partial charge is 0.380 e. The Bertz CT molecular complexity index is 422. The predicted octanol–water partition coefficient (Wildman–Crippen LogP) is 2.75. The quantitative estimate of drug-likeness (QED) is 0.682. The lowest BCUT2D eigenvalue weighted by atomic mass is 9.86. The van der Waals surface area contributed by atoms with E-state index in [1.165, 1.54) is 4.90 Å². The summed E-state index contributed by atoms with van der Waals surface area (Å²) >= 11 is 1.69. The number of carbonyl (C=O) groups is 1. The van der Waals surface area contributed by atoms with Gasteiger partial charge in [0.25, 0.3) is 0 Å². The first-order valence-electron chi connectivity index (χ1n) is 6.67. The van der Waals surface area contributed by atoms with E-state index in [1.807, 2.05) is 37.4 Å². The Morgan fingerprint density at radius 1 is 1.32 bits per heavy atom. The first kappa shape index (κ1) is 14.6. The lowest BCUT2D eigenvalue weighted by molar-refractivity contribution is 0.0725. The number of ketones is 1. The number of rotatable bonds is 3. The van der Waals surface area contributed by atoms with Gasteiger partial charge in [-0.15, -0.1) is 11.8 Å². The molecule has 1 N–H and O–H groups in total. The molecule has 0 spiro atoms. The fraction of sp³-hybridized carbons (Fsp3) is 0.533. The van der Waals surface area contributed by atoms with Gasteiger partial charge in [-0.05, 0) is 38.2 Å². The molecular weight excluding hydrogens is 258 g/mol. The van der Waals surface area contributed by atoms with E-state index < -0.39 is 5.54 Å². The van der Waals surface area contributed by atoms with Crippen LogP contribution in [0.1, 0.15) is 30.1 Å². The number of benzene rings is 1. The number of hydrogen-bond acceptors (Lipinski definition) is 4. The van der Waals surface area contributed by atoms with Crippen molar-refractivity contribution in [2.75, 3.05) is 26.0 Å². The molecule has 1 atom stereocenters. The molecule has 2 rings (SSSR count). The van der Waals surface area contributed by atoms with Crippen molar-refractivity contribution in [1.29, 1.82) is 0 Å². The van der Waals surface area contributed by atoms with Crippen molar-refractivity contribution in [2.45, 2.75) is 30.2 Å². The minimum absolute atomic E-state index is 0.182. The summed E-state index contributed by atoms with van der Waals surface area (Å²) < 4.78 is 5.41. The SMILES string of the molecule is CSc1ccc(C(=O)C2(C)CCCOCCN2)cc1. The normalized spacial score (nSPS) is 24.5. The molecule has 0 bridgehead atoms. The van der Waals surface area contributed by atoms with Gasteiger partial charge in [-0.25, -0.2) is 0 Å². The van der Waals surface area contributed by atoms with Crippen LogP contribution >= 0.6 is 11.8 Å².